The van der Waals surface area contributed by atoms with Crippen LogP contribution in [-0.2, 0) is 11.0 Å². The van der Waals surface area contributed by atoms with Crippen molar-refractivity contribution < 1.29 is 27.4 Å². The Labute approximate surface area is 182 Å². The van der Waals surface area contributed by atoms with E-state index in [2.05, 4.69) is 5.32 Å². The molecule has 0 radical (unpaired) electrons. The zero-order chi connectivity index (χ0) is 22.6. The van der Waals surface area contributed by atoms with E-state index in [1.165, 1.54) is 12.1 Å². The summed E-state index contributed by atoms with van der Waals surface area (Å²) >= 11 is 5.85. The lowest BCUT2D eigenvalue weighted by atomic mass is 10.1. The molecule has 3 aromatic carbocycles. The second kappa shape index (κ2) is 8.89. The van der Waals surface area contributed by atoms with Crippen LogP contribution in [0.3, 0.4) is 0 Å². The molecule has 162 valence electrons. The third-order valence-corrected chi connectivity index (χ3v) is 4.51. The standard InChI is InChI=1S/C23H19ClF3NO3/c1-22(2,21(29)28-17-7-3-15(4-8-17)23(25,26)27)31-20-13-11-19(12-14-20)30-18-9-5-16(24)6-10-18/h3-14H,1-2H3,(H,28,29). The minimum atomic E-state index is -4.44. The first-order chi connectivity index (χ1) is 14.5. The third-order valence-electron chi connectivity index (χ3n) is 4.26. The summed E-state index contributed by atoms with van der Waals surface area (Å²) in [6.07, 6.45) is -4.44. The molecule has 1 amide bonds. The highest BCUT2D eigenvalue weighted by molar-refractivity contribution is 6.30. The number of hydrogen-bond acceptors (Lipinski definition) is 3. The first kappa shape index (κ1) is 22.5. The summed E-state index contributed by atoms with van der Waals surface area (Å²) < 4.78 is 49.5. The molecular weight excluding hydrogens is 431 g/mol. The molecule has 0 heterocycles. The van der Waals surface area contributed by atoms with Gasteiger partial charge in [-0.2, -0.15) is 13.2 Å². The zero-order valence-corrected chi connectivity index (χ0v) is 17.4. The van der Waals surface area contributed by atoms with E-state index in [0.717, 1.165) is 12.1 Å². The third kappa shape index (κ3) is 6.15. The van der Waals surface area contributed by atoms with E-state index in [-0.39, 0.29) is 5.69 Å². The molecule has 31 heavy (non-hydrogen) atoms. The Morgan fingerprint density at radius 3 is 1.81 bits per heavy atom. The summed E-state index contributed by atoms with van der Waals surface area (Å²) in [7, 11) is 0. The molecule has 0 aliphatic carbocycles. The van der Waals surface area contributed by atoms with Crippen LogP contribution in [0.4, 0.5) is 18.9 Å². The van der Waals surface area contributed by atoms with Crippen LogP contribution >= 0.6 is 11.6 Å². The van der Waals surface area contributed by atoms with Crippen LogP contribution in [-0.4, -0.2) is 11.5 Å². The average Bonchev–Trinajstić information content (AvgIpc) is 2.71. The van der Waals surface area contributed by atoms with E-state index in [0.29, 0.717) is 22.3 Å². The van der Waals surface area contributed by atoms with Gasteiger partial charge in [-0.1, -0.05) is 11.6 Å². The quantitative estimate of drug-likeness (QED) is 0.443. The van der Waals surface area contributed by atoms with Crippen LogP contribution in [0.15, 0.2) is 72.8 Å². The number of hydrogen-bond donors (Lipinski definition) is 1. The van der Waals surface area contributed by atoms with Crippen molar-refractivity contribution in [2.45, 2.75) is 25.6 Å². The van der Waals surface area contributed by atoms with Gasteiger partial charge in [-0.05, 0) is 86.6 Å². The summed E-state index contributed by atoms with van der Waals surface area (Å²) in [5, 5.41) is 3.17. The Hall–Kier alpha value is -3.19. The fourth-order valence-corrected chi connectivity index (χ4v) is 2.71. The monoisotopic (exact) mass is 449 g/mol. The van der Waals surface area contributed by atoms with Crippen LogP contribution in [0.5, 0.6) is 17.2 Å². The van der Waals surface area contributed by atoms with Gasteiger partial charge in [-0.3, -0.25) is 4.79 Å². The normalized spacial score (nSPS) is 11.7. The number of anilines is 1. The summed E-state index contributed by atoms with van der Waals surface area (Å²) in [5.74, 6) is 1.11. The maximum absolute atomic E-state index is 12.7. The molecular formula is C23H19ClF3NO3. The number of benzene rings is 3. The van der Waals surface area contributed by atoms with Crippen LogP contribution in [0.1, 0.15) is 19.4 Å². The first-order valence-electron chi connectivity index (χ1n) is 9.24. The Bertz CT molecular complexity index is 1030. The van der Waals surface area contributed by atoms with E-state index < -0.39 is 23.2 Å². The first-order valence-corrected chi connectivity index (χ1v) is 9.62. The lowest BCUT2D eigenvalue weighted by molar-refractivity contribution is -0.137. The van der Waals surface area contributed by atoms with Gasteiger partial charge in [0.15, 0.2) is 5.60 Å². The molecule has 3 aromatic rings. The van der Waals surface area contributed by atoms with Crippen molar-refractivity contribution in [1.82, 2.24) is 0 Å². The van der Waals surface area contributed by atoms with Crippen LogP contribution in [0.2, 0.25) is 5.02 Å². The number of halogens is 4. The van der Waals surface area contributed by atoms with Gasteiger partial charge in [0.25, 0.3) is 5.91 Å². The number of carbonyl (C=O) groups is 1. The zero-order valence-electron chi connectivity index (χ0n) is 16.7. The molecule has 0 unspecified atom stereocenters. The van der Waals surface area contributed by atoms with Crippen molar-refractivity contribution in [2.24, 2.45) is 0 Å². The fraction of sp³-hybridized carbons (Fsp3) is 0.174. The van der Waals surface area contributed by atoms with E-state index in [4.69, 9.17) is 21.1 Å². The lowest BCUT2D eigenvalue weighted by Gasteiger charge is -2.25. The Balaban J connectivity index is 1.61. The molecule has 0 saturated carbocycles. The van der Waals surface area contributed by atoms with Gasteiger partial charge in [-0.25, -0.2) is 0 Å². The van der Waals surface area contributed by atoms with Gasteiger partial charge in [0.2, 0.25) is 0 Å². The summed E-state index contributed by atoms with van der Waals surface area (Å²) in [6.45, 7) is 3.12. The van der Waals surface area contributed by atoms with E-state index in [1.54, 1.807) is 62.4 Å². The maximum Gasteiger partial charge on any atom is 0.416 e. The number of ether oxygens (including phenoxy) is 2. The molecule has 4 nitrogen and oxygen atoms in total. The van der Waals surface area contributed by atoms with Crippen molar-refractivity contribution in [2.75, 3.05) is 5.32 Å². The molecule has 0 aliphatic heterocycles. The summed E-state index contributed by atoms with van der Waals surface area (Å²) in [5.41, 5.74) is -1.83. The predicted octanol–water partition coefficient (Wildman–Crippen LogP) is 6.95. The second-order valence-electron chi connectivity index (χ2n) is 7.17. The van der Waals surface area contributed by atoms with Gasteiger partial charge >= 0.3 is 6.18 Å². The number of alkyl halides is 3. The molecule has 3 rings (SSSR count). The van der Waals surface area contributed by atoms with Gasteiger partial charge in [-0.15, -0.1) is 0 Å². The van der Waals surface area contributed by atoms with Crippen LogP contribution in [0.25, 0.3) is 0 Å². The van der Waals surface area contributed by atoms with Crippen molar-refractivity contribution in [1.29, 1.82) is 0 Å². The Morgan fingerprint density at radius 2 is 1.29 bits per heavy atom. The minimum absolute atomic E-state index is 0.237. The molecule has 0 aliphatic rings. The van der Waals surface area contributed by atoms with Gasteiger partial charge in [0.05, 0.1) is 5.56 Å². The van der Waals surface area contributed by atoms with E-state index in [1.807, 2.05) is 0 Å². The van der Waals surface area contributed by atoms with Gasteiger partial charge < -0.3 is 14.8 Å². The molecule has 0 aromatic heterocycles. The van der Waals surface area contributed by atoms with Crippen LogP contribution < -0.4 is 14.8 Å². The molecule has 0 spiro atoms. The predicted molar refractivity (Wildman–Crippen MR) is 113 cm³/mol. The Kier molecular flexibility index (Phi) is 6.45. The van der Waals surface area contributed by atoms with Crippen molar-refractivity contribution >= 4 is 23.2 Å². The molecule has 0 saturated heterocycles. The number of amides is 1. The molecule has 1 N–H and O–H groups in total. The average molecular weight is 450 g/mol. The fourth-order valence-electron chi connectivity index (χ4n) is 2.58. The van der Waals surface area contributed by atoms with Crippen molar-refractivity contribution in [3.8, 4) is 17.2 Å². The largest absolute Gasteiger partial charge is 0.478 e. The summed E-state index contributed by atoms with van der Waals surface area (Å²) in [6, 6.07) is 17.8. The maximum atomic E-state index is 12.7. The van der Waals surface area contributed by atoms with Crippen molar-refractivity contribution in [3.05, 3.63) is 83.4 Å². The SMILES string of the molecule is CC(C)(Oc1ccc(Oc2ccc(Cl)cc2)cc1)C(=O)Nc1ccc(C(F)(F)F)cc1. The Morgan fingerprint density at radius 1 is 0.806 bits per heavy atom. The van der Waals surface area contributed by atoms with Crippen LogP contribution in [0, 0.1) is 0 Å². The topological polar surface area (TPSA) is 47.6 Å². The number of nitrogens with one attached hydrogen (secondary N) is 1. The second-order valence-corrected chi connectivity index (χ2v) is 7.61. The molecule has 8 heteroatoms. The molecule has 0 bridgehead atoms. The van der Waals surface area contributed by atoms with Crippen molar-refractivity contribution in [3.63, 3.8) is 0 Å². The lowest BCUT2D eigenvalue weighted by Crippen LogP contribution is -2.42. The highest BCUT2D eigenvalue weighted by Gasteiger charge is 2.32. The van der Waals surface area contributed by atoms with Gasteiger partial charge in [0, 0.05) is 10.7 Å². The molecule has 0 fully saturated rings. The van der Waals surface area contributed by atoms with E-state index >= 15 is 0 Å². The summed E-state index contributed by atoms with van der Waals surface area (Å²) in [4.78, 5) is 12.6. The highest BCUT2D eigenvalue weighted by Crippen LogP contribution is 2.30. The van der Waals surface area contributed by atoms with E-state index in [9.17, 15) is 18.0 Å². The number of rotatable bonds is 6. The molecule has 0 atom stereocenters. The number of carbonyl (C=O) groups excluding carboxylic acids is 1. The smallest absolute Gasteiger partial charge is 0.416 e. The minimum Gasteiger partial charge on any atom is -0.478 e. The highest BCUT2D eigenvalue weighted by atomic mass is 35.5. The van der Waals surface area contributed by atoms with Gasteiger partial charge in [0.1, 0.15) is 17.2 Å².